The van der Waals surface area contributed by atoms with Gasteiger partial charge < -0.3 is 14.8 Å². The molecule has 0 saturated carbocycles. The van der Waals surface area contributed by atoms with E-state index >= 15 is 0 Å². The van der Waals surface area contributed by atoms with Crippen LogP contribution in [0.4, 0.5) is 5.69 Å². The predicted molar refractivity (Wildman–Crippen MR) is 116 cm³/mol. The molecule has 2 aromatic carbocycles. The summed E-state index contributed by atoms with van der Waals surface area (Å²) in [6.07, 6.45) is 1.21. The van der Waals surface area contributed by atoms with E-state index in [2.05, 4.69) is 5.32 Å². The number of piperidine rings is 1. The first-order valence-corrected chi connectivity index (χ1v) is 11.4. The molecule has 1 N–H and O–H groups in total. The number of methoxy groups -OCH3 is 2. The Morgan fingerprint density at radius 1 is 1.17 bits per heavy atom. The average molecular weight is 453 g/mol. The van der Waals surface area contributed by atoms with E-state index in [1.54, 1.807) is 24.3 Å². The highest BCUT2D eigenvalue weighted by Crippen LogP contribution is 2.32. The van der Waals surface area contributed by atoms with E-state index in [0.717, 1.165) is 5.56 Å². The van der Waals surface area contributed by atoms with Gasteiger partial charge in [0.25, 0.3) is 0 Å². The zero-order chi connectivity index (χ0) is 21.9. The first-order valence-electron chi connectivity index (χ1n) is 9.56. The highest BCUT2D eigenvalue weighted by molar-refractivity contribution is 7.89. The van der Waals surface area contributed by atoms with E-state index in [4.69, 9.17) is 21.1 Å². The van der Waals surface area contributed by atoms with Gasteiger partial charge in [-0.25, -0.2) is 8.42 Å². The van der Waals surface area contributed by atoms with Crippen molar-refractivity contribution in [2.75, 3.05) is 32.6 Å². The van der Waals surface area contributed by atoms with E-state index < -0.39 is 15.9 Å². The third-order valence-electron chi connectivity index (χ3n) is 5.27. The van der Waals surface area contributed by atoms with Crippen LogP contribution in [0.3, 0.4) is 0 Å². The zero-order valence-electron chi connectivity index (χ0n) is 17.1. The van der Waals surface area contributed by atoms with Crippen molar-refractivity contribution in [3.05, 3.63) is 47.0 Å². The molecule has 0 spiro atoms. The number of amides is 1. The molecule has 0 bridgehead atoms. The molecule has 1 aliphatic rings. The Morgan fingerprint density at radius 2 is 1.90 bits per heavy atom. The topological polar surface area (TPSA) is 84.9 Å². The van der Waals surface area contributed by atoms with E-state index in [9.17, 15) is 13.2 Å². The number of rotatable bonds is 6. The first-order chi connectivity index (χ1) is 14.3. The molecule has 7 nitrogen and oxygen atoms in total. The van der Waals surface area contributed by atoms with Gasteiger partial charge in [-0.3, -0.25) is 4.79 Å². The molecule has 30 heavy (non-hydrogen) atoms. The number of hydrogen-bond acceptors (Lipinski definition) is 5. The summed E-state index contributed by atoms with van der Waals surface area (Å²) in [4.78, 5) is 12.9. The minimum atomic E-state index is -3.78. The number of carbonyl (C=O) groups excluding carboxylic acids is 1. The molecule has 2 aromatic rings. The maximum absolute atomic E-state index is 13.2. The fourth-order valence-electron chi connectivity index (χ4n) is 3.48. The number of nitrogens with one attached hydrogen (secondary N) is 1. The van der Waals surface area contributed by atoms with Crippen LogP contribution in [0.2, 0.25) is 5.02 Å². The number of ether oxygens (including phenoxy) is 2. The lowest BCUT2D eigenvalue weighted by molar-refractivity contribution is -0.120. The number of halogens is 1. The van der Waals surface area contributed by atoms with Crippen molar-refractivity contribution in [3.8, 4) is 11.5 Å². The lowest BCUT2D eigenvalue weighted by Gasteiger charge is -2.31. The van der Waals surface area contributed by atoms with Crippen LogP contribution in [0.5, 0.6) is 11.5 Å². The van der Waals surface area contributed by atoms with E-state index in [0.29, 0.717) is 41.6 Å². The molecule has 1 atom stereocenters. The van der Waals surface area contributed by atoms with Crippen LogP contribution in [-0.2, 0) is 14.8 Å². The van der Waals surface area contributed by atoms with Gasteiger partial charge in [-0.15, -0.1) is 0 Å². The molecule has 1 fully saturated rings. The monoisotopic (exact) mass is 452 g/mol. The summed E-state index contributed by atoms with van der Waals surface area (Å²) in [7, 11) is -0.838. The van der Waals surface area contributed by atoms with Gasteiger partial charge in [0.05, 0.1) is 25.0 Å². The quantitative estimate of drug-likeness (QED) is 0.722. The van der Waals surface area contributed by atoms with Gasteiger partial charge >= 0.3 is 0 Å². The molecule has 0 radical (unpaired) electrons. The van der Waals surface area contributed by atoms with Gasteiger partial charge in [-0.1, -0.05) is 17.7 Å². The summed E-state index contributed by atoms with van der Waals surface area (Å²) in [5.74, 6) is 0.116. The molecule has 1 amide bonds. The standard InChI is InChI=1S/C21H25ClN2O5S/c1-14-17(22)7-4-8-18(14)23-21(25)15-6-5-11-24(13-15)30(26,27)16-9-10-19(28-2)20(12-16)29-3/h4,7-10,12,15H,5-6,11,13H2,1-3H3,(H,23,25)/t15-/m0/s1. The Hall–Kier alpha value is -2.29. The number of sulfonamides is 1. The second-order valence-corrected chi connectivity index (χ2v) is 9.47. The summed E-state index contributed by atoms with van der Waals surface area (Å²) < 4.78 is 38.1. The summed E-state index contributed by atoms with van der Waals surface area (Å²) in [5.41, 5.74) is 1.41. The van der Waals surface area contributed by atoms with Crippen LogP contribution in [0.1, 0.15) is 18.4 Å². The van der Waals surface area contributed by atoms with Crippen molar-refractivity contribution in [3.63, 3.8) is 0 Å². The molecule has 1 saturated heterocycles. The number of carbonyl (C=O) groups is 1. The Morgan fingerprint density at radius 3 is 2.60 bits per heavy atom. The fourth-order valence-corrected chi connectivity index (χ4v) is 5.19. The molecule has 1 aliphatic heterocycles. The first kappa shape index (κ1) is 22.4. The van der Waals surface area contributed by atoms with Crippen LogP contribution < -0.4 is 14.8 Å². The summed E-state index contributed by atoms with van der Waals surface area (Å²) in [5, 5.41) is 3.45. The van der Waals surface area contributed by atoms with Crippen LogP contribution in [0.25, 0.3) is 0 Å². The molecule has 0 aliphatic carbocycles. The molecule has 9 heteroatoms. The third-order valence-corrected chi connectivity index (χ3v) is 7.54. The van der Waals surface area contributed by atoms with Gasteiger partial charge in [0.15, 0.2) is 11.5 Å². The molecule has 0 unspecified atom stereocenters. The van der Waals surface area contributed by atoms with Crippen LogP contribution >= 0.6 is 11.6 Å². The van der Waals surface area contributed by atoms with Gasteiger partial charge in [-0.05, 0) is 49.6 Å². The summed E-state index contributed by atoms with van der Waals surface area (Å²) in [6.45, 7) is 2.30. The molecule has 1 heterocycles. The van der Waals surface area contributed by atoms with E-state index in [1.807, 2.05) is 6.92 Å². The number of benzene rings is 2. The minimum absolute atomic E-state index is 0.104. The van der Waals surface area contributed by atoms with Crippen molar-refractivity contribution in [1.82, 2.24) is 4.31 Å². The second kappa shape index (κ2) is 9.24. The average Bonchev–Trinajstić information content (AvgIpc) is 2.76. The summed E-state index contributed by atoms with van der Waals surface area (Å²) in [6, 6.07) is 9.77. The van der Waals surface area contributed by atoms with Crippen LogP contribution in [-0.4, -0.2) is 45.9 Å². The maximum atomic E-state index is 13.2. The number of hydrogen-bond donors (Lipinski definition) is 1. The van der Waals surface area contributed by atoms with Gasteiger partial charge in [0.1, 0.15) is 0 Å². The lowest BCUT2D eigenvalue weighted by atomic mass is 9.98. The SMILES string of the molecule is COc1ccc(S(=O)(=O)N2CCC[C@H](C(=O)Nc3cccc(Cl)c3C)C2)cc1OC. The van der Waals surface area contributed by atoms with Crippen molar-refractivity contribution in [1.29, 1.82) is 0 Å². The normalized spacial score (nSPS) is 17.4. The molecule has 162 valence electrons. The predicted octanol–water partition coefficient (Wildman–Crippen LogP) is 3.71. The molecule has 0 aromatic heterocycles. The molecular formula is C21H25ClN2O5S. The number of anilines is 1. The second-order valence-electron chi connectivity index (χ2n) is 7.12. The maximum Gasteiger partial charge on any atom is 0.243 e. The van der Waals surface area contributed by atoms with Gasteiger partial charge in [-0.2, -0.15) is 4.31 Å². The molecular weight excluding hydrogens is 428 g/mol. The van der Waals surface area contributed by atoms with Crippen LogP contribution in [0, 0.1) is 12.8 Å². The largest absolute Gasteiger partial charge is 0.493 e. The smallest absolute Gasteiger partial charge is 0.243 e. The van der Waals surface area contributed by atoms with Crippen molar-refractivity contribution in [2.45, 2.75) is 24.7 Å². The van der Waals surface area contributed by atoms with Crippen molar-refractivity contribution < 1.29 is 22.7 Å². The van der Waals surface area contributed by atoms with E-state index in [1.165, 1.54) is 30.7 Å². The minimum Gasteiger partial charge on any atom is -0.493 e. The Bertz CT molecular complexity index is 1040. The Labute approximate surface area is 182 Å². The fraction of sp³-hybridized carbons (Fsp3) is 0.381. The third kappa shape index (κ3) is 4.55. The number of nitrogens with zero attached hydrogens (tertiary/aromatic N) is 1. The highest BCUT2D eigenvalue weighted by Gasteiger charge is 2.34. The highest BCUT2D eigenvalue weighted by atomic mass is 35.5. The van der Waals surface area contributed by atoms with Crippen molar-refractivity contribution in [2.24, 2.45) is 5.92 Å². The van der Waals surface area contributed by atoms with Crippen molar-refractivity contribution >= 4 is 33.2 Å². The van der Waals surface area contributed by atoms with Crippen LogP contribution in [0.15, 0.2) is 41.3 Å². The molecule has 3 rings (SSSR count). The Kier molecular flexibility index (Phi) is 6.90. The zero-order valence-corrected chi connectivity index (χ0v) is 18.7. The Balaban J connectivity index is 1.78. The summed E-state index contributed by atoms with van der Waals surface area (Å²) >= 11 is 6.12. The van der Waals surface area contributed by atoms with E-state index in [-0.39, 0.29) is 17.3 Å². The van der Waals surface area contributed by atoms with Gasteiger partial charge in [0, 0.05) is 29.9 Å². The van der Waals surface area contributed by atoms with Gasteiger partial charge in [0.2, 0.25) is 15.9 Å². The lowest BCUT2D eigenvalue weighted by Crippen LogP contribution is -2.43.